The van der Waals surface area contributed by atoms with Crippen molar-refractivity contribution in [1.29, 1.82) is 0 Å². The first-order valence-corrected chi connectivity index (χ1v) is 5.74. The number of aromatic nitrogens is 2. The zero-order valence-electron chi connectivity index (χ0n) is 11.0. The molecule has 1 aromatic carbocycles. The Bertz CT molecular complexity index is 692. The predicted molar refractivity (Wildman–Crippen MR) is 72.8 cm³/mol. The molecule has 104 valence electrons. The fraction of sp³-hybridized carbons (Fsp3) is 0.167. The number of nitrogens with two attached hydrogens (primary N) is 1. The first-order chi connectivity index (χ1) is 9.38. The third kappa shape index (κ3) is 2.58. The van der Waals surface area contributed by atoms with Crippen LogP contribution in [0.25, 0.3) is 0 Å². The molecular formula is C12H13N5O3. The number of primary amides is 1. The molecule has 0 unspecified atom stereocenters. The molecule has 3 N–H and O–H groups in total. The minimum Gasteiger partial charge on any atom is -0.366 e. The van der Waals surface area contributed by atoms with Crippen molar-refractivity contribution in [3.63, 3.8) is 0 Å². The number of carbonyl (C=O) groups excluding carboxylic acids is 1. The van der Waals surface area contributed by atoms with Crippen molar-refractivity contribution in [3.05, 3.63) is 45.8 Å². The SMILES string of the molecule is Cc1nn(C)cc1Nc1cc(C(N)=O)ccc1[N+](=O)[O-]. The largest absolute Gasteiger partial charge is 0.366 e. The summed E-state index contributed by atoms with van der Waals surface area (Å²) in [6.45, 7) is 1.77. The lowest BCUT2D eigenvalue weighted by atomic mass is 10.1. The van der Waals surface area contributed by atoms with E-state index in [1.165, 1.54) is 18.2 Å². The van der Waals surface area contributed by atoms with E-state index in [9.17, 15) is 14.9 Å². The van der Waals surface area contributed by atoms with Crippen LogP contribution < -0.4 is 11.1 Å². The van der Waals surface area contributed by atoms with E-state index in [-0.39, 0.29) is 16.9 Å². The van der Waals surface area contributed by atoms with Gasteiger partial charge >= 0.3 is 0 Å². The summed E-state index contributed by atoms with van der Waals surface area (Å²) in [7, 11) is 1.74. The molecule has 1 amide bonds. The second-order valence-corrected chi connectivity index (χ2v) is 4.28. The summed E-state index contributed by atoms with van der Waals surface area (Å²) in [5, 5.41) is 18.0. The molecule has 1 aromatic heterocycles. The smallest absolute Gasteiger partial charge is 0.292 e. The van der Waals surface area contributed by atoms with E-state index < -0.39 is 10.8 Å². The molecule has 0 atom stereocenters. The molecule has 0 spiro atoms. The van der Waals surface area contributed by atoms with Crippen molar-refractivity contribution in [2.24, 2.45) is 12.8 Å². The van der Waals surface area contributed by atoms with Gasteiger partial charge in [0.15, 0.2) is 0 Å². The number of anilines is 2. The lowest BCUT2D eigenvalue weighted by Crippen LogP contribution is -2.11. The van der Waals surface area contributed by atoms with Crippen molar-refractivity contribution in [3.8, 4) is 0 Å². The van der Waals surface area contributed by atoms with E-state index in [0.29, 0.717) is 11.4 Å². The monoisotopic (exact) mass is 275 g/mol. The third-order valence-corrected chi connectivity index (χ3v) is 2.76. The van der Waals surface area contributed by atoms with Gasteiger partial charge in [-0.3, -0.25) is 19.6 Å². The number of hydrogen-bond donors (Lipinski definition) is 2. The van der Waals surface area contributed by atoms with Gasteiger partial charge in [-0.2, -0.15) is 5.10 Å². The van der Waals surface area contributed by atoms with Crippen LogP contribution in [0.5, 0.6) is 0 Å². The Balaban J connectivity index is 2.47. The number of amides is 1. The fourth-order valence-electron chi connectivity index (χ4n) is 1.82. The lowest BCUT2D eigenvalue weighted by Gasteiger charge is -2.07. The van der Waals surface area contributed by atoms with Gasteiger partial charge in [0.2, 0.25) is 5.91 Å². The zero-order valence-corrected chi connectivity index (χ0v) is 11.0. The second kappa shape index (κ2) is 5.00. The normalized spacial score (nSPS) is 10.3. The fourth-order valence-corrected chi connectivity index (χ4v) is 1.82. The molecule has 0 bridgehead atoms. The molecule has 20 heavy (non-hydrogen) atoms. The predicted octanol–water partition coefficient (Wildman–Crippen LogP) is 1.48. The molecule has 8 nitrogen and oxygen atoms in total. The first kappa shape index (κ1) is 13.5. The molecule has 0 aliphatic heterocycles. The van der Waals surface area contributed by atoms with E-state index in [4.69, 9.17) is 5.73 Å². The summed E-state index contributed by atoms with van der Waals surface area (Å²) in [4.78, 5) is 21.6. The van der Waals surface area contributed by atoms with Gasteiger partial charge in [-0.25, -0.2) is 0 Å². The van der Waals surface area contributed by atoms with Crippen molar-refractivity contribution >= 4 is 23.0 Å². The number of nitrogens with zero attached hydrogens (tertiary/aromatic N) is 3. The summed E-state index contributed by atoms with van der Waals surface area (Å²) in [5.74, 6) is -0.647. The number of nitro benzene ring substituents is 1. The van der Waals surface area contributed by atoms with Crippen molar-refractivity contribution < 1.29 is 9.72 Å². The van der Waals surface area contributed by atoms with Gasteiger partial charge in [0, 0.05) is 24.9 Å². The van der Waals surface area contributed by atoms with Crippen LogP contribution in [0.15, 0.2) is 24.4 Å². The maximum absolute atomic E-state index is 11.2. The molecule has 2 rings (SSSR count). The number of rotatable bonds is 4. The highest BCUT2D eigenvalue weighted by Crippen LogP contribution is 2.29. The van der Waals surface area contributed by atoms with Crippen molar-refractivity contribution in [1.82, 2.24) is 9.78 Å². The van der Waals surface area contributed by atoms with Crippen LogP contribution in [0.4, 0.5) is 17.1 Å². The summed E-state index contributed by atoms with van der Waals surface area (Å²) in [5.41, 5.74) is 6.74. The average Bonchev–Trinajstić information content (AvgIpc) is 2.67. The van der Waals surface area contributed by atoms with E-state index in [0.717, 1.165) is 0 Å². The Morgan fingerprint density at radius 2 is 2.15 bits per heavy atom. The summed E-state index contributed by atoms with van der Waals surface area (Å²) in [6, 6.07) is 3.92. The molecule has 0 saturated heterocycles. The van der Waals surface area contributed by atoms with Crippen LogP contribution in [0.2, 0.25) is 0 Å². The van der Waals surface area contributed by atoms with Gasteiger partial charge < -0.3 is 11.1 Å². The first-order valence-electron chi connectivity index (χ1n) is 5.74. The molecular weight excluding hydrogens is 262 g/mol. The Hall–Kier alpha value is -2.90. The van der Waals surface area contributed by atoms with Crippen LogP contribution in [-0.4, -0.2) is 20.6 Å². The molecule has 1 heterocycles. The summed E-state index contributed by atoms with van der Waals surface area (Å²) >= 11 is 0. The maximum Gasteiger partial charge on any atom is 0.292 e. The van der Waals surface area contributed by atoms with Gasteiger partial charge in [0.1, 0.15) is 5.69 Å². The Labute approximate surface area is 114 Å². The Morgan fingerprint density at radius 1 is 1.45 bits per heavy atom. The summed E-state index contributed by atoms with van der Waals surface area (Å²) in [6.07, 6.45) is 1.69. The lowest BCUT2D eigenvalue weighted by molar-refractivity contribution is -0.383. The standard InChI is InChI=1S/C12H13N5O3/c1-7-10(6-16(2)15-7)14-9-5-8(12(13)18)3-4-11(9)17(19)20/h3-6,14H,1-2H3,(H2,13,18). The molecule has 0 saturated carbocycles. The molecule has 0 aliphatic rings. The van der Waals surface area contributed by atoms with E-state index >= 15 is 0 Å². The topological polar surface area (TPSA) is 116 Å². The van der Waals surface area contributed by atoms with E-state index in [2.05, 4.69) is 10.4 Å². The molecule has 2 aromatic rings. The van der Waals surface area contributed by atoms with Crippen LogP contribution >= 0.6 is 0 Å². The Kier molecular flexibility index (Phi) is 3.38. The highest BCUT2D eigenvalue weighted by Gasteiger charge is 2.17. The molecule has 0 radical (unpaired) electrons. The minimum atomic E-state index is -0.647. The van der Waals surface area contributed by atoms with E-state index in [1.54, 1.807) is 24.9 Å². The van der Waals surface area contributed by atoms with Gasteiger partial charge in [0.25, 0.3) is 5.69 Å². The number of benzene rings is 1. The van der Waals surface area contributed by atoms with Crippen LogP contribution in [0.1, 0.15) is 16.1 Å². The van der Waals surface area contributed by atoms with Gasteiger partial charge in [-0.05, 0) is 19.1 Å². The highest BCUT2D eigenvalue weighted by atomic mass is 16.6. The molecule has 8 heteroatoms. The highest BCUT2D eigenvalue weighted by molar-refractivity contribution is 5.95. The zero-order chi connectivity index (χ0) is 14.9. The van der Waals surface area contributed by atoms with Crippen LogP contribution in [-0.2, 0) is 7.05 Å². The van der Waals surface area contributed by atoms with Crippen molar-refractivity contribution in [2.45, 2.75) is 6.92 Å². The van der Waals surface area contributed by atoms with E-state index in [1.807, 2.05) is 0 Å². The van der Waals surface area contributed by atoms with Crippen molar-refractivity contribution in [2.75, 3.05) is 5.32 Å². The summed E-state index contributed by atoms with van der Waals surface area (Å²) < 4.78 is 1.58. The number of hydrogen-bond acceptors (Lipinski definition) is 5. The van der Waals surface area contributed by atoms with Gasteiger partial charge in [-0.15, -0.1) is 0 Å². The number of nitrogens with one attached hydrogen (secondary N) is 1. The van der Waals surface area contributed by atoms with Gasteiger partial charge in [-0.1, -0.05) is 0 Å². The van der Waals surface area contributed by atoms with Gasteiger partial charge in [0.05, 0.1) is 16.3 Å². The maximum atomic E-state index is 11.2. The van der Waals surface area contributed by atoms with Crippen LogP contribution in [0.3, 0.4) is 0 Å². The molecule has 0 aliphatic carbocycles. The Morgan fingerprint density at radius 3 is 2.65 bits per heavy atom. The number of aryl methyl sites for hydroxylation is 2. The number of nitro groups is 1. The third-order valence-electron chi connectivity index (χ3n) is 2.76. The second-order valence-electron chi connectivity index (χ2n) is 4.28. The van der Waals surface area contributed by atoms with Crippen LogP contribution in [0, 0.1) is 17.0 Å². The average molecular weight is 275 g/mol. The minimum absolute atomic E-state index is 0.141. The quantitative estimate of drug-likeness (QED) is 0.647. The number of carbonyl (C=O) groups is 1. The molecule has 0 fully saturated rings.